The summed E-state index contributed by atoms with van der Waals surface area (Å²) in [4.78, 5) is 14.7. The molecule has 0 saturated heterocycles. The van der Waals surface area contributed by atoms with Gasteiger partial charge in [0.15, 0.2) is 11.5 Å². The van der Waals surface area contributed by atoms with Crippen LogP contribution in [-0.4, -0.2) is 25.2 Å². The van der Waals surface area contributed by atoms with E-state index in [1.54, 1.807) is 12.1 Å². The van der Waals surface area contributed by atoms with E-state index in [0.717, 1.165) is 5.56 Å². The van der Waals surface area contributed by atoms with Gasteiger partial charge in [0.05, 0.1) is 25.4 Å². The molecule has 0 radical (unpaired) electrons. The zero-order valence-electron chi connectivity index (χ0n) is 13.5. The first-order valence-electron chi connectivity index (χ1n) is 7.38. The first kappa shape index (κ1) is 15.7. The third-order valence-electron chi connectivity index (χ3n) is 3.70. The van der Waals surface area contributed by atoms with Gasteiger partial charge in [0.1, 0.15) is 12.3 Å². The number of carbonyl (C=O) groups excluding carboxylic acids is 1. The van der Waals surface area contributed by atoms with Crippen molar-refractivity contribution in [2.75, 3.05) is 20.0 Å². The molecule has 3 aromatic rings. The smallest absolute Gasteiger partial charge is 0.354 e. The van der Waals surface area contributed by atoms with Gasteiger partial charge in [-0.3, -0.25) is 0 Å². The lowest BCUT2D eigenvalue weighted by atomic mass is 10.2. The molecule has 3 N–H and O–H groups in total. The molecular weight excluding hydrogens is 308 g/mol. The molecule has 0 amide bonds. The number of nitrogens with one attached hydrogen (secondary N) is 1. The van der Waals surface area contributed by atoms with E-state index in [9.17, 15) is 4.79 Å². The quantitative estimate of drug-likeness (QED) is 0.556. The molecule has 0 bridgehead atoms. The van der Waals surface area contributed by atoms with Crippen molar-refractivity contribution in [2.24, 2.45) is 0 Å². The fourth-order valence-electron chi connectivity index (χ4n) is 2.55. The van der Waals surface area contributed by atoms with Gasteiger partial charge in [0, 0.05) is 5.39 Å². The second-order valence-corrected chi connectivity index (χ2v) is 5.24. The lowest BCUT2D eigenvalue weighted by Crippen LogP contribution is -2.00. The normalized spacial score (nSPS) is 10.6. The van der Waals surface area contributed by atoms with Crippen LogP contribution in [0.25, 0.3) is 10.9 Å². The number of rotatable bonds is 5. The van der Waals surface area contributed by atoms with Crippen LogP contribution in [0.5, 0.6) is 11.5 Å². The van der Waals surface area contributed by atoms with Crippen molar-refractivity contribution in [3.8, 4) is 11.5 Å². The Labute approximate surface area is 139 Å². The number of hydrogen-bond acceptors (Lipinski definition) is 5. The topological polar surface area (TPSA) is 86.6 Å². The molecule has 0 aliphatic heterocycles. The van der Waals surface area contributed by atoms with Gasteiger partial charge in [0.2, 0.25) is 0 Å². The number of fused-ring (bicyclic) bond motifs is 1. The summed E-state index contributed by atoms with van der Waals surface area (Å²) in [7, 11) is 2.86. The largest absolute Gasteiger partial charge is 0.491 e. The van der Waals surface area contributed by atoms with Crippen LogP contribution in [0.1, 0.15) is 16.1 Å². The monoisotopic (exact) mass is 326 g/mol. The molecule has 1 heterocycles. The summed E-state index contributed by atoms with van der Waals surface area (Å²) in [6, 6.07) is 13.1. The molecule has 1 aromatic heterocycles. The second kappa shape index (κ2) is 6.54. The Morgan fingerprint density at radius 2 is 1.88 bits per heavy atom. The Morgan fingerprint density at radius 3 is 2.54 bits per heavy atom. The third-order valence-corrected chi connectivity index (χ3v) is 3.70. The van der Waals surface area contributed by atoms with E-state index in [1.165, 1.54) is 14.2 Å². The highest BCUT2D eigenvalue weighted by Gasteiger charge is 2.19. The molecule has 0 aliphatic carbocycles. The van der Waals surface area contributed by atoms with Gasteiger partial charge < -0.3 is 24.9 Å². The highest BCUT2D eigenvalue weighted by atomic mass is 16.5. The molecule has 124 valence electrons. The van der Waals surface area contributed by atoms with Gasteiger partial charge in [-0.1, -0.05) is 30.3 Å². The molecule has 6 nitrogen and oxygen atoms in total. The summed E-state index contributed by atoms with van der Waals surface area (Å²) in [6.07, 6.45) is 0. The minimum absolute atomic E-state index is 0.324. The maximum absolute atomic E-state index is 11.8. The zero-order valence-corrected chi connectivity index (χ0v) is 13.5. The van der Waals surface area contributed by atoms with Crippen molar-refractivity contribution in [1.82, 2.24) is 4.98 Å². The molecule has 0 atom stereocenters. The molecule has 2 aromatic carbocycles. The van der Waals surface area contributed by atoms with E-state index >= 15 is 0 Å². The molecule has 0 saturated carbocycles. The zero-order chi connectivity index (χ0) is 17.1. The molecule has 3 rings (SSSR count). The van der Waals surface area contributed by atoms with Crippen LogP contribution in [0.2, 0.25) is 0 Å². The predicted octanol–water partition coefficient (Wildman–Crippen LogP) is 3.12. The maximum Gasteiger partial charge on any atom is 0.354 e. The van der Waals surface area contributed by atoms with Crippen LogP contribution in [0, 0.1) is 0 Å². The fourth-order valence-corrected chi connectivity index (χ4v) is 2.55. The van der Waals surface area contributed by atoms with Crippen LogP contribution >= 0.6 is 0 Å². The fraction of sp³-hybridized carbons (Fsp3) is 0.167. The number of nitrogen functional groups attached to an aromatic ring is 1. The molecule has 0 unspecified atom stereocenters. The standard InChI is InChI=1S/C18H18N2O4/c1-22-17-13(19)9-14-12(8-15(20-14)18(21)23-2)16(17)24-10-11-6-4-3-5-7-11/h3-9,20H,10,19H2,1-2H3. The van der Waals surface area contributed by atoms with Gasteiger partial charge >= 0.3 is 5.97 Å². The number of anilines is 1. The van der Waals surface area contributed by atoms with Gasteiger partial charge in [0.25, 0.3) is 0 Å². The van der Waals surface area contributed by atoms with E-state index in [2.05, 4.69) is 4.98 Å². The van der Waals surface area contributed by atoms with Crippen molar-refractivity contribution in [2.45, 2.75) is 6.61 Å². The Kier molecular flexibility index (Phi) is 4.29. The number of H-pyrrole nitrogens is 1. The third kappa shape index (κ3) is 2.86. The first-order valence-corrected chi connectivity index (χ1v) is 7.38. The SMILES string of the molecule is COC(=O)c1cc2c(OCc3ccccc3)c(OC)c(N)cc2[nH]1. The minimum Gasteiger partial charge on any atom is -0.491 e. The van der Waals surface area contributed by atoms with E-state index in [4.69, 9.17) is 19.9 Å². The average Bonchev–Trinajstić information content (AvgIpc) is 3.03. The lowest BCUT2D eigenvalue weighted by molar-refractivity contribution is 0.0595. The van der Waals surface area contributed by atoms with E-state index in [-0.39, 0.29) is 0 Å². The van der Waals surface area contributed by atoms with Crippen LogP contribution in [0.15, 0.2) is 42.5 Å². The number of hydrogen-bond donors (Lipinski definition) is 2. The maximum atomic E-state index is 11.8. The summed E-state index contributed by atoms with van der Waals surface area (Å²) in [6.45, 7) is 0.356. The molecular formula is C18H18N2O4. The van der Waals surface area contributed by atoms with Crippen molar-refractivity contribution < 1.29 is 19.0 Å². The Balaban J connectivity index is 2.05. The first-order chi connectivity index (χ1) is 11.6. The van der Waals surface area contributed by atoms with Gasteiger partial charge in [-0.2, -0.15) is 0 Å². The summed E-state index contributed by atoms with van der Waals surface area (Å²) >= 11 is 0. The Bertz CT molecular complexity index is 872. The van der Waals surface area contributed by atoms with E-state index in [0.29, 0.717) is 40.4 Å². The van der Waals surface area contributed by atoms with Crippen molar-refractivity contribution >= 4 is 22.6 Å². The Morgan fingerprint density at radius 1 is 1.12 bits per heavy atom. The molecule has 6 heteroatoms. The van der Waals surface area contributed by atoms with Gasteiger partial charge in [-0.05, 0) is 17.7 Å². The minimum atomic E-state index is -0.460. The number of benzene rings is 2. The van der Waals surface area contributed by atoms with Crippen LogP contribution in [0.4, 0.5) is 5.69 Å². The number of aromatic amines is 1. The van der Waals surface area contributed by atoms with E-state index in [1.807, 2.05) is 30.3 Å². The number of nitrogens with two attached hydrogens (primary N) is 1. The number of methoxy groups -OCH3 is 2. The predicted molar refractivity (Wildman–Crippen MR) is 91.4 cm³/mol. The number of carbonyl (C=O) groups is 1. The van der Waals surface area contributed by atoms with Crippen molar-refractivity contribution in [3.63, 3.8) is 0 Å². The van der Waals surface area contributed by atoms with Crippen molar-refractivity contribution in [3.05, 3.63) is 53.7 Å². The van der Waals surface area contributed by atoms with E-state index < -0.39 is 5.97 Å². The van der Waals surface area contributed by atoms with Gasteiger partial charge in [-0.25, -0.2) is 4.79 Å². The van der Waals surface area contributed by atoms with Gasteiger partial charge in [-0.15, -0.1) is 0 Å². The van der Waals surface area contributed by atoms with Crippen molar-refractivity contribution in [1.29, 1.82) is 0 Å². The Hall–Kier alpha value is -3.15. The molecule has 0 aliphatic rings. The average molecular weight is 326 g/mol. The number of aromatic nitrogens is 1. The highest BCUT2D eigenvalue weighted by Crippen LogP contribution is 2.41. The van der Waals surface area contributed by atoms with Crippen LogP contribution < -0.4 is 15.2 Å². The highest BCUT2D eigenvalue weighted by molar-refractivity contribution is 6.00. The number of ether oxygens (including phenoxy) is 3. The lowest BCUT2D eigenvalue weighted by Gasteiger charge is -2.14. The van der Waals surface area contributed by atoms with Crippen LogP contribution in [-0.2, 0) is 11.3 Å². The second-order valence-electron chi connectivity index (χ2n) is 5.24. The summed E-state index contributed by atoms with van der Waals surface area (Å²) in [5.74, 6) is 0.467. The molecule has 0 spiro atoms. The summed E-state index contributed by atoms with van der Waals surface area (Å²) in [5, 5.41) is 0.706. The molecule has 0 fully saturated rings. The summed E-state index contributed by atoms with van der Waals surface area (Å²) < 4.78 is 16.1. The number of esters is 1. The summed E-state index contributed by atoms with van der Waals surface area (Å²) in [5.41, 5.74) is 8.48. The molecule has 24 heavy (non-hydrogen) atoms. The van der Waals surface area contributed by atoms with Crippen LogP contribution in [0.3, 0.4) is 0 Å².